The second kappa shape index (κ2) is 5.41. The first-order chi connectivity index (χ1) is 10.7. The van der Waals surface area contributed by atoms with Crippen LogP contribution in [0.15, 0.2) is 30.0 Å². The molecule has 3 aliphatic rings. The molecule has 0 spiro atoms. The molecule has 0 unspecified atom stereocenters. The van der Waals surface area contributed by atoms with Crippen LogP contribution >= 0.6 is 0 Å². The van der Waals surface area contributed by atoms with Gasteiger partial charge in [-0.25, -0.2) is 4.98 Å². The van der Waals surface area contributed by atoms with Crippen LogP contribution in [0, 0.1) is 11.8 Å². The Bertz CT molecular complexity index is 621. The molecule has 2 atom stereocenters. The van der Waals surface area contributed by atoms with Crippen LogP contribution in [0.25, 0.3) is 0 Å². The van der Waals surface area contributed by atoms with Gasteiger partial charge in [-0.1, -0.05) is 11.6 Å². The fraction of sp³-hybridized carbons (Fsp3) is 0.556. The molecule has 1 N–H and O–H groups in total. The average molecular weight is 297 g/mol. The van der Waals surface area contributed by atoms with Crippen molar-refractivity contribution in [2.45, 2.75) is 38.6 Å². The van der Waals surface area contributed by atoms with Crippen LogP contribution in [0.2, 0.25) is 0 Å². The van der Waals surface area contributed by atoms with E-state index in [1.807, 2.05) is 12.1 Å². The van der Waals surface area contributed by atoms with Gasteiger partial charge in [0.15, 0.2) is 0 Å². The number of carbonyl (C=O) groups is 1. The average Bonchev–Trinajstić information content (AvgIpc) is 3.23. The van der Waals surface area contributed by atoms with Crippen molar-refractivity contribution in [3.63, 3.8) is 0 Å². The van der Waals surface area contributed by atoms with E-state index < -0.39 is 0 Å². The minimum atomic E-state index is 0.0419. The molecule has 4 rings (SSSR count). The van der Waals surface area contributed by atoms with E-state index in [-0.39, 0.29) is 5.91 Å². The number of hydrogen-bond acceptors (Lipinski definition) is 3. The quantitative estimate of drug-likeness (QED) is 0.873. The Balaban J connectivity index is 1.48. The Hall–Kier alpha value is -1.84. The van der Waals surface area contributed by atoms with Gasteiger partial charge >= 0.3 is 0 Å². The summed E-state index contributed by atoms with van der Waals surface area (Å²) in [6.07, 6.45) is 8.79. The molecular weight excluding hydrogens is 274 g/mol. The molecule has 1 aromatic heterocycles. The number of allylic oxidation sites excluding steroid dienone is 2. The summed E-state index contributed by atoms with van der Waals surface area (Å²) >= 11 is 0. The number of pyridine rings is 1. The van der Waals surface area contributed by atoms with E-state index in [9.17, 15) is 4.79 Å². The highest BCUT2D eigenvalue weighted by Crippen LogP contribution is 2.37. The molecule has 2 aliphatic carbocycles. The predicted molar refractivity (Wildman–Crippen MR) is 86.9 cm³/mol. The van der Waals surface area contributed by atoms with Crippen molar-refractivity contribution in [2.24, 2.45) is 11.8 Å². The Morgan fingerprint density at radius 1 is 1.32 bits per heavy atom. The zero-order chi connectivity index (χ0) is 15.1. The number of amides is 1. The highest BCUT2D eigenvalue weighted by molar-refractivity contribution is 5.95. The summed E-state index contributed by atoms with van der Waals surface area (Å²) in [5.41, 5.74) is 2.26. The Kier molecular flexibility index (Phi) is 3.40. The Labute approximate surface area is 131 Å². The van der Waals surface area contributed by atoms with Crippen LogP contribution in [0.4, 0.5) is 5.82 Å². The smallest absolute Gasteiger partial charge is 0.251 e. The lowest BCUT2D eigenvalue weighted by molar-refractivity contribution is 0.0951. The number of rotatable bonds is 3. The number of anilines is 1. The number of hydrogen-bond donors (Lipinski definition) is 1. The number of fused-ring (bicyclic) bond motifs is 1. The van der Waals surface area contributed by atoms with Gasteiger partial charge in [0, 0.05) is 30.9 Å². The van der Waals surface area contributed by atoms with Crippen molar-refractivity contribution < 1.29 is 4.79 Å². The maximum absolute atomic E-state index is 12.2. The number of nitrogens with one attached hydrogen (secondary N) is 1. The molecule has 2 heterocycles. The van der Waals surface area contributed by atoms with E-state index in [0.29, 0.717) is 6.04 Å². The SMILES string of the molecule is CC1=CC[C@@H]2CN(c3cc(C(=O)NC4CC4)ccn3)C[C@@H]2C1. The van der Waals surface area contributed by atoms with Gasteiger partial charge in [0.1, 0.15) is 5.82 Å². The van der Waals surface area contributed by atoms with Gasteiger partial charge in [0.2, 0.25) is 0 Å². The zero-order valence-electron chi connectivity index (χ0n) is 13.1. The Morgan fingerprint density at radius 2 is 2.14 bits per heavy atom. The van der Waals surface area contributed by atoms with Crippen molar-refractivity contribution in [3.05, 3.63) is 35.5 Å². The molecule has 4 nitrogen and oxygen atoms in total. The third-order valence-electron chi connectivity index (χ3n) is 5.17. The molecule has 1 aliphatic heterocycles. The second-order valence-electron chi connectivity index (χ2n) is 7.07. The Morgan fingerprint density at radius 3 is 2.95 bits per heavy atom. The fourth-order valence-electron chi connectivity index (χ4n) is 3.70. The van der Waals surface area contributed by atoms with E-state index in [2.05, 4.69) is 28.2 Å². The van der Waals surface area contributed by atoms with E-state index in [1.54, 1.807) is 6.20 Å². The van der Waals surface area contributed by atoms with Gasteiger partial charge in [-0.05, 0) is 56.6 Å². The third kappa shape index (κ3) is 2.74. The van der Waals surface area contributed by atoms with E-state index in [0.717, 1.165) is 49.1 Å². The predicted octanol–water partition coefficient (Wildman–Crippen LogP) is 2.77. The highest BCUT2D eigenvalue weighted by Gasteiger charge is 2.34. The number of nitrogens with zero attached hydrogens (tertiary/aromatic N) is 2. The van der Waals surface area contributed by atoms with Gasteiger partial charge in [0.05, 0.1) is 0 Å². The third-order valence-corrected chi connectivity index (χ3v) is 5.17. The molecule has 22 heavy (non-hydrogen) atoms. The first-order valence-electron chi connectivity index (χ1n) is 8.36. The molecule has 1 aromatic rings. The maximum Gasteiger partial charge on any atom is 0.251 e. The first-order valence-corrected chi connectivity index (χ1v) is 8.36. The summed E-state index contributed by atoms with van der Waals surface area (Å²) < 4.78 is 0. The standard InChI is InChI=1S/C18H23N3O/c1-12-2-3-14-10-21(11-15(14)8-12)17-9-13(6-7-19-17)18(22)20-16-4-5-16/h2,6-7,9,14-16H,3-5,8,10-11H2,1H3,(H,20,22)/t14-,15+/m1/s1. The summed E-state index contributed by atoms with van der Waals surface area (Å²) in [6, 6.07) is 4.17. The fourth-order valence-corrected chi connectivity index (χ4v) is 3.70. The van der Waals surface area contributed by atoms with Crippen molar-refractivity contribution in [2.75, 3.05) is 18.0 Å². The highest BCUT2D eigenvalue weighted by atomic mass is 16.1. The molecule has 4 heteroatoms. The van der Waals surface area contributed by atoms with E-state index >= 15 is 0 Å². The first kappa shape index (κ1) is 13.8. The minimum absolute atomic E-state index is 0.0419. The normalized spacial score (nSPS) is 27.3. The van der Waals surface area contributed by atoms with Gasteiger partial charge in [-0.3, -0.25) is 4.79 Å². The van der Waals surface area contributed by atoms with E-state index in [1.165, 1.54) is 18.4 Å². The van der Waals surface area contributed by atoms with Crippen LogP contribution in [0.3, 0.4) is 0 Å². The maximum atomic E-state index is 12.2. The number of aromatic nitrogens is 1. The molecule has 2 fully saturated rings. The lowest BCUT2D eigenvalue weighted by Gasteiger charge is -2.21. The second-order valence-corrected chi connectivity index (χ2v) is 7.07. The van der Waals surface area contributed by atoms with Crippen LogP contribution < -0.4 is 10.2 Å². The van der Waals surface area contributed by atoms with Crippen molar-refractivity contribution in [3.8, 4) is 0 Å². The summed E-state index contributed by atoms with van der Waals surface area (Å²) in [7, 11) is 0. The van der Waals surface area contributed by atoms with Gasteiger partial charge in [-0.2, -0.15) is 0 Å². The van der Waals surface area contributed by atoms with Gasteiger partial charge in [-0.15, -0.1) is 0 Å². The van der Waals surface area contributed by atoms with Crippen LogP contribution in [0.1, 0.15) is 43.0 Å². The van der Waals surface area contributed by atoms with Crippen LogP contribution in [-0.4, -0.2) is 30.0 Å². The molecular formula is C18H23N3O. The van der Waals surface area contributed by atoms with Crippen molar-refractivity contribution in [1.82, 2.24) is 10.3 Å². The monoisotopic (exact) mass is 297 g/mol. The minimum Gasteiger partial charge on any atom is -0.356 e. The summed E-state index contributed by atoms with van der Waals surface area (Å²) in [5, 5.41) is 3.05. The number of carbonyl (C=O) groups excluding carboxylic acids is 1. The van der Waals surface area contributed by atoms with Crippen molar-refractivity contribution >= 4 is 11.7 Å². The van der Waals surface area contributed by atoms with Gasteiger partial charge in [0.25, 0.3) is 5.91 Å². The lowest BCUT2D eigenvalue weighted by Crippen LogP contribution is -2.26. The van der Waals surface area contributed by atoms with Crippen molar-refractivity contribution in [1.29, 1.82) is 0 Å². The van der Waals surface area contributed by atoms with Gasteiger partial charge < -0.3 is 10.2 Å². The summed E-state index contributed by atoms with van der Waals surface area (Å²) in [5.74, 6) is 2.49. The lowest BCUT2D eigenvalue weighted by atomic mass is 9.83. The molecule has 1 saturated heterocycles. The zero-order valence-corrected chi connectivity index (χ0v) is 13.1. The molecule has 0 aromatic carbocycles. The molecule has 1 amide bonds. The molecule has 0 bridgehead atoms. The molecule has 0 radical (unpaired) electrons. The molecule has 116 valence electrons. The van der Waals surface area contributed by atoms with E-state index in [4.69, 9.17) is 0 Å². The summed E-state index contributed by atoms with van der Waals surface area (Å²) in [6.45, 7) is 4.37. The topological polar surface area (TPSA) is 45.2 Å². The van der Waals surface area contributed by atoms with Crippen LogP contribution in [0.5, 0.6) is 0 Å². The summed E-state index contributed by atoms with van der Waals surface area (Å²) in [4.78, 5) is 19.1. The largest absolute Gasteiger partial charge is 0.356 e. The molecule has 1 saturated carbocycles. The van der Waals surface area contributed by atoms with Crippen LogP contribution in [-0.2, 0) is 0 Å².